The molecule has 0 atom stereocenters. The van der Waals surface area contributed by atoms with E-state index in [9.17, 15) is 0 Å². The van der Waals surface area contributed by atoms with Crippen LogP contribution in [0.5, 0.6) is 0 Å². The standard InChI is InChI=1S/C16H27N3/c1-13-10-14(12-18-16(2,3)4)11-17-15(13)19-8-6-5-7-9-19/h10-11,18H,5-9,12H2,1-4H3. The first kappa shape index (κ1) is 14.3. The van der Waals surface area contributed by atoms with Gasteiger partial charge in [-0.3, -0.25) is 0 Å². The molecule has 1 N–H and O–H groups in total. The number of hydrogen-bond acceptors (Lipinski definition) is 3. The van der Waals surface area contributed by atoms with Gasteiger partial charge in [0, 0.05) is 31.4 Å². The van der Waals surface area contributed by atoms with Crippen LogP contribution in [0.4, 0.5) is 5.82 Å². The highest BCUT2D eigenvalue weighted by atomic mass is 15.2. The van der Waals surface area contributed by atoms with Gasteiger partial charge < -0.3 is 10.2 Å². The first-order valence-electron chi connectivity index (χ1n) is 7.41. The molecule has 0 amide bonds. The number of aryl methyl sites for hydroxylation is 1. The molecule has 1 aliphatic rings. The molecule has 1 aliphatic heterocycles. The highest BCUT2D eigenvalue weighted by molar-refractivity contribution is 5.47. The van der Waals surface area contributed by atoms with Gasteiger partial charge in [-0.25, -0.2) is 4.98 Å². The monoisotopic (exact) mass is 261 g/mol. The first-order chi connectivity index (χ1) is 8.96. The lowest BCUT2D eigenvalue weighted by atomic mass is 10.1. The lowest BCUT2D eigenvalue weighted by Gasteiger charge is -2.29. The molecule has 1 aromatic rings. The van der Waals surface area contributed by atoms with Gasteiger partial charge in [-0.1, -0.05) is 0 Å². The van der Waals surface area contributed by atoms with Crippen LogP contribution in [0.1, 0.15) is 51.2 Å². The number of piperidine rings is 1. The SMILES string of the molecule is Cc1cc(CNC(C)(C)C)cnc1N1CCCCC1. The minimum absolute atomic E-state index is 0.152. The van der Waals surface area contributed by atoms with Gasteiger partial charge in [0.2, 0.25) is 0 Å². The fourth-order valence-electron chi connectivity index (χ4n) is 2.53. The number of rotatable bonds is 3. The van der Waals surface area contributed by atoms with Crippen molar-refractivity contribution in [3.05, 3.63) is 23.4 Å². The number of pyridine rings is 1. The van der Waals surface area contributed by atoms with E-state index in [1.54, 1.807) is 0 Å². The van der Waals surface area contributed by atoms with Crippen LogP contribution in [-0.4, -0.2) is 23.6 Å². The van der Waals surface area contributed by atoms with E-state index >= 15 is 0 Å². The summed E-state index contributed by atoms with van der Waals surface area (Å²) in [6, 6.07) is 2.27. The highest BCUT2D eigenvalue weighted by Crippen LogP contribution is 2.22. The van der Waals surface area contributed by atoms with E-state index < -0.39 is 0 Å². The number of nitrogens with one attached hydrogen (secondary N) is 1. The molecular formula is C16H27N3. The van der Waals surface area contributed by atoms with Gasteiger partial charge in [0.15, 0.2) is 0 Å². The molecule has 3 heteroatoms. The van der Waals surface area contributed by atoms with Gasteiger partial charge >= 0.3 is 0 Å². The van der Waals surface area contributed by atoms with Crippen molar-refractivity contribution in [2.24, 2.45) is 0 Å². The summed E-state index contributed by atoms with van der Waals surface area (Å²) in [4.78, 5) is 7.12. The Labute approximate surface area is 117 Å². The zero-order chi connectivity index (χ0) is 13.9. The smallest absolute Gasteiger partial charge is 0.131 e. The number of anilines is 1. The van der Waals surface area contributed by atoms with Crippen LogP contribution in [0.2, 0.25) is 0 Å². The molecule has 3 nitrogen and oxygen atoms in total. The predicted molar refractivity (Wildman–Crippen MR) is 81.6 cm³/mol. The summed E-state index contributed by atoms with van der Waals surface area (Å²) in [5, 5.41) is 3.51. The van der Waals surface area contributed by atoms with Gasteiger partial charge in [-0.2, -0.15) is 0 Å². The second-order valence-electron chi connectivity index (χ2n) is 6.64. The second kappa shape index (κ2) is 5.91. The average molecular weight is 261 g/mol. The van der Waals surface area contributed by atoms with E-state index in [0.717, 1.165) is 19.6 Å². The van der Waals surface area contributed by atoms with Crippen molar-refractivity contribution in [1.82, 2.24) is 10.3 Å². The van der Waals surface area contributed by atoms with Crippen molar-refractivity contribution in [3.63, 3.8) is 0 Å². The van der Waals surface area contributed by atoms with Gasteiger partial charge in [0.05, 0.1) is 0 Å². The van der Waals surface area contributed by atoms with Crippen LogP contribution >= 0.6 is 0 Å². The summed E-state index contributed by atoms with van der Waals surface area (Å²) >= 11 is 0. The molecule has 0 aliphatic carbocycles. The summed E-state index contributed by atoms with van der Waals surface area (Å²) in [7, 11) is 0. The van der Waals surface area contributed by atoms with Gasteiger partial charge in [0.25, 0.3) is 0 Å². The van der Waals surface area contributed by atoms with E-state index in [1.807, 2.05) is 6.20 Å². The third-order valence-electron chi connectivity index (χ3n) is 3.59. The molecule has 0 unspecified atom stereocenters. The number of hydrogen-bond donors (Lipinski definition) is 1. The Kier molecular flexibility index (Phi) is 4.46. The molecule has 19 heavy (non-hydrogen) atoms. The molecule has 0 aromatic carbocycles. The summed E-state index contributed by atoms with van der Waals surface area (Å²) in [6.07, 6.45) is 5.99. The van der Waals surface area contributed by atoms with Crippen LogP contribution in [0.3, 0.4) is 0 Å². The molecule has 2 heterocycles. The molecule has 2 rings (SSSR count). The zero-order valence-electron chi connectivity index (χ0n) is 12.8. The fraction of sp³-hybridized carbons (Fsp3) is 0.688. The van der Waals surface area contributed by atoms with E-state index in [-0.39, 0.29) is 5.54 Å². The second-order valence-corrected chi connectivity index (χ2v) is 6.64. The highest BCUT2D eigenvalue weighted by Gasteiger charge is 2.15. The van der Waals surface area contributed by atoms with Gasteiger partial charge in [0.1, 0.15) is 5.82 Å². The Morgan fingerprint density at radius 1 is 1.21 bits per heavy atom. The predicted octanol–water partition coefficient (Wildman–Crippen LogP) is 3.27. The molecular weight excluding hydrogens is 234 g/mol. The molecule has 0 saturated carbocycles. The van der Waals surface area contributed by atoms with Crippen molar-refractivity contribution in [3.8, 4) is 0 Å². The Balaban J connectivity index is 2.04. The van der Waals surface area contributed by atoms with Crippen LogP contribution in [-0.2, 0) is 6.54 Å². The van der Waals surface area contributed by atoms with E-state index in [0.29, 0.717) is 0 Å². The minimum Gasteiger partial charge on any atom is -0.356 e. The van der Waals surface area contributed by atoms with Crippen LogP contribution in [0.25, 0.3) is 0 Å². The minimum atomic E-state index is 0.152. The van der Waals surface area contributed by atoms with Crippen molar-refractivity contribution in [2.75, 3.05) is 18.0 Å². The van der Waals surface area contributed by atoms with Crippen molar-refractivity contribution >= 4 is 5.82 Å². The lowest BCUT2D eigenvalue weighted by Crippen LogP contribution is -2.35. The maximum atomic E-state index is 4.69. The number of aromatic nitrogens is 1. The average Bonchev–Trinajstić information content (AvgIpc) is 2.37. The summed E-state index contributed by atoms with van der Waals surface area (Å²) in [5.41, 5.74) is 2.72. The molecule has 1 aromatic heterocycles. The van der Waals surface area contributed by atoms with E-state index in [2.05, 4.69) is 49.0 Å². The lowest BCUT2D eigenvalue weighted by molar-refractivity contribution is 0.424. The third-order valence-corrected chi connectivity index (χ3v) is 3.59. The maximum absolute atomic E-state index is 4.69. The molecule has 0 bridgehead atoms. The molecule has 0 spiro atoms. The molecule has 0 radical (unpaired) electrons. The zero-order valence-corrected chi connectivity index (χ0v) is 12.8. The van der Waals surface area contributed by atoms with Crippen LogP contribution < -0.4 is 10.2 Å². The Morgan fingerprint density at radius 2 is 1.89 bits per heavy atom. The Morgan fingerprint density at radius 3 is 2.47 bits per heavy atom. The van der Waals surface area contributed by atoms with Crippen LogP contribution in [0, 0.1) is 6.92 Å². The van der Waals surface area contributed by atoms with Gasteiger partial charge in [-0.15, -0.1) is 0 Å². The van der Waals surface area contributed by atoms with Gasteiger partial charge in [-0.05, 0) is 64.2 Å². The van der Waals surface area contributed by atoms with Crippen LogP contribution in [0.15, 0.2) is 12.3 Å². The normalized spacial score (nSPS) is 16.7. The Hall–Kier alpha value is -1.09. The molecule has 1 saturated heterocycles. The fourth-order valence-corrected chi connectivity index (χ4v) is 2.53. The largest absolute Gasteiger partial charge is 0.356 e. The topological polar surface area (TPSA) is 28.2 Å². The first-order valence-corrected chi connectivity index (χ1v) is 7.41. The molecule has 1 fully saturated rings. The Bertz CT molecular complexity index is 414. The summed E-state index contributed by atoms with van der Waals surface area (Å²) in [6.45, 7) is 12.0. The van der Waals surface area contributed by atoms with E-state index in [1.165, 1.54) is 36.2 Å². The van der Waals surface area contributed by atoms with Crippen molar-refractivity contribution in [2.45, 2.75) is 59.0 Å². The maximum Gasteiger partial charge on any atom is 0.131 e. The van der Waals surface area contributed by atoms with E-state index in [4.69, 9.17) is 0 Å². The summed E-state index contributed by atoms with van der Waals surface area (Å²) in [5.74, 6) is 1.18. The third kappa shape index (κ3) is 4.20. The quantitative estimate of drug-likeness (QED) is 0.905. The number of nitrogens with zero attached hydrogens (tertiary/aromatic N) is 2. The van der Waals surface area contributed by atoms with Crippen molar-refractivity contribution in [1.29, 1.82) is 0 Å². The van der Waals surface area contributed by atoms with Crippen molar-refractivity contribution < 1.29 is 0 Å². The molecule has 106 valence electrons. The summed E-state index contributed by atoms with van der Waals surface area (Å²) < 4.78 is 0.